The number of aliphatic carboxylic acids is 1. The minimum atomic E-state index is -0.982. The second kappa shape index (κ2) is 16.7. The smallest absolute Gasteiger partial charge is 0.330 e. The van der Waals surface area contributed by atoms with Crippen LogP contribution in [-0.4, -0.2) is 64.8 Å². The number of hydrogen-bond donors (Lipinski definition) is 2. The number of rotatable bonds is 8. The van der Waals surface area contributed by atoms with E-state index in [4.69, 9.17) is 29.2 Å². The van der Waals surface area contributed by atoms with Gasteiger partial charge in [-0.05, 0) is 47.5 Å². The van der Waals surface area contributed by atoms with Gasteiger partial charge in [-0.1, -0.05) is 12.1 Å². The molecule has 2 aromatic rings. The number of aliphatic hydroxyl groups excluding tert-OH is 1. The van der Waals surface area contributed by atoms with Crippen LogP contribution in [-0.2, 0) is 14.3 Å². The number of carboxylic acid groups (broad SMARTS) is 1. The fraction of sp³-hybridized carbons (Fsp3) is 0.250. The van der Waals surface area contributed by atoms with Crippen LogP contribution in [0.2, 0.25) is 0 Å². The topological polar surface area (TPSA) is 121 Å². The molecule has 0 saturated carbocycles. The molecule has 9 nitrogen and oxygen atoms in total. The first kappa shape index (κ1) is 29.0. The summed E-state index contributed by atoms with van der Waals surface area (Å²) < 4.78 is 24.9. The maximum absolute atomic E-state index is 10.9. The van der Waals surface area contributed by atoms with Gasteiger partial charge in [0, 0.05) is 19.3 Å². The highest BCUT2D eigenvalue weighted by Gasteiger charge is 2.03. The molecule has 0 aromatic heterocycles. The van der Waals surface area contributed by atoms with Crippen molar-refractivity contribution in [3.8, 4) is 23.0 Å². The van der Waals surface area contributed by atoms with E-state index in [1.54, 1.807) is 57.7 Å². The molecule has 180 valence electrons. The molecule has 0 saturated heterocycles. The van der Waals surface area contributed by atoms with Gasteiger partial charge in [0.05, 0.1) is 35.5 Å². The lowest BCUT2D eigenvalue weighted by atomic mass is 10.2. The van der Waals surface area contributed by atoms with Gasteiger partial charge < -0.3 is 33.9 Å². The Morgan fingerprint density at radius 1 is 0.667 bits per heavy atom. The van der Waals surface area contributed by atoms with Crippen molar-refractivity contribution >= 4 is 24.1 Å². The molecule has 0 aliphatic carbocycles. The van der Waals surface area contributed by atoms with E-state index in [-0.39, 0.29) is 0 Å². The zero-order chi connectivity index (χ0) is 25.2. The molecular weight excluding hydrogens is 432 g/mol. The molecule has 0 radical (unpaired) electrons. The van der Waals surface area contributed by atoms with Crippen molar-refractivity contribution in [2.75, 3.05) is 42.7 Å². The molecule has 2 rings (SSSR count). The Morgan fingerprint density at radius 3 is 1.39 bits per heavy atom. The van der Waals surface area contributed by atoms with Gasteiger partial charge >= 0.3 is 11.9 Å². The lowest BCUT2D eigenvalue weighted by molar-refractivity contribution is -0.135. The lowest BCUT2D eigenvalue weighted by Gasteiger charge is -2.07. The van der Waals surface area contributed by atoms with Crippen LogP contribution < -0.4 is 18.9 Å². The number of hydrogen-bond acceptors (Lipinski definition) is 8. The average molecular weight is 462 g/mol. The molecule has 0 fully saturated rings. The van der Waals surface area contributed by atoms with Crippen molar-refractivity contribution in [3.63, 3.8) is 0 Å². The first-order valence-electron chi connectivity index (χ1n) is 9.44. The van der Waals surface area contributed by atoms with Crippen LogP contribution in [0, 0.1) is 0 Å². The summed E-state index contributed by atoms with van der Waals surface area (Å²) in [5.74, 6) is 1.09. The van der Waals surface area contributed by atoms with Gasteiger partial charge in [0.2, 0.25) is 0 Å². The number of carbonyl (C=O) groups is 2. The minimum absolute atomic E-state index is 0.394. The van der Waals surface area contributed by atoms with Crippen molar-refractivity contribution in [1.29, 1.82) is 0 Å². The maximum atomic E-state index is 10.9. The maximum Gasteiger partial charge on any atom is 0.330 e. The van der Waals surface area contributed by atoms with Crippen LogP contribution in [0.15, 0.2) is 48.6 Å². The fourth-order valence-electron chi connectivity index (χ4n) is 2.31. The van der Waals surface area contributed by atoms with Gasteiger partial charge in [-0.2, -0.15) is 0 Å². The lowest BCUT2D eigenvalue weighted by Crippen LogP contribution is -1.94. The minimum Gasteiger partial charge on any atom is -0.493 e. The van der Waals surface area contributed by atoms with Gasteiger partial charge in [0.1, 0.15) is 0 Å². The van der Waals surface area contributed by atoms with E-state index in [9.17, 15) is 9.59 Å². The highest BCUT2D eigenvalue weighted by Crippen LogP contribution is 2.28. The molecule has 0 unspecified atom stereocenters. The quantitative estimate of drug-likeness (QED) is 0.449. The Morgan fingerprint density at radius 2 is 1.06 bits per heavy atom. The third-order valence-corrected chi connectivity index (χ3v) is 3.85. The average Bonchev–Trinajstić information content (AvgIpc) is 2.86. The monoisotopic (exact) mass is 462 g/mol. The third-order valence-electron chi connectivity index (χ3n) is 3.85. The highest BCUT2D eigenvalue weighted by molar-refractivity contribution is 5.87. The van der Waals surface area contributed by atoms with Crippen LogP contribution in [0.4, 0.5) is 0 Å². The summed E-state index contributed by atoms with van der Waals surface area (Å²) in [5.41, 5.74) is 1.58. The molecule has 2 aromatic carbocycles. The van der Waals surface area contributed by atoms with Gasteiger partial charge in [-0.25, -0.2) is 9.59 Å². The van der Waals surface area contributed by atoms with Crippen molar-refractivity contribution in [1.82, 2.24) is 0 Å². The van der Waals surface area contributed by atoms with E-state index in [1.807, 2.05) is 6.07 Å². The van der Waals surface area contributed by atoms with E-state index in [0.717, 1.165) is 24.3 Å². The molecule has 0 aliphatic rings. The molecule has 33 heavy (non-hydrogen) atoms. The van der Waals surface area contributed by atoms with Crippen LogP contribution in [0.3, 0.4) is 0 Å². The number of ether oxygens (including phenoxy) is 5. The van der Waals surface area contributed by atoms with E-state index in [2.05, 4.69) is 4.74 Å². The van der Waals surface area contributed by atoms with Crippen LogP contribution >= 0.6 is 0 Å². The van der Waals surface area contributed by atoms with Crippen LogP contribution in [0.5, 0.6) is 23.0 Å². The van der Waals surface area contributed by atoms with Gasteiger partial charge in [-0.3, -0.25) is 0 Å². The first-order chi connectivity index (χ1) is 15.9. The van der Waals surface area contributed by atoms with Gasteiger partial charge in [0.15, 0.2) is 23.0 Å². The predicted octanol–water partition coefficient (Wildman–Crippen LogP) is 3.30. The second-order valence-electron chi connectivity index (χ2n) is 5.76. The second-order valence-corrected chi connectivity index (χ2v) is 5.76. The summed E-state index contributed by atoms with van der Waals surface area (Å²) in [6.07, 6.45) is 5.56. The Hall–Kier alpha value is -3.98. The predicted molar refractivity (Wildman–Crippen MR) is 125 cm³/mol. The third kappa shape index (κ3) is 10.7. The van der Waals surface area contributed by atoms with Crippen molar-refractivity contribution in [2.45, 2.75) is 0 Å². The summed E-state index contributed by atoms with van der Waals surface area (Å²) in [7, 11) is 8.54. The van der Waals surface area contributed by atoms with Crippen LogP contribution in [0.1, 0.15) is 11.1 Å². The van der Waals surface area contributed by atoms with Crippen molar-refractivity contribution < 1.29 is 43.5 Å². The fourth-order valence-corrected chi connectivity index (χ4v) is 2.31. The molecule has 0 spiro atoms. The van der Waals surface area contributed by atoms with Crippen LogP contribution in [0.25, 0.3) is 12.2 Å². The zero-order valence-corrected chi connectivity index (χ0v) is 19.5. The van der Waals surface area contributed by atoms with E-state index in [1.165, 1.54) is 26.4 Å². The van der Waals surface area contributed by atoms with Crippen molar-refractivity contribution in [3.05, 3.63) is 59.7 Å². The SMILES string of the molecule is CO.COC(=O)/C=C/c1ccc(OC)c(OC)c1.COc1ccc(/C=C/C(=O)O)cc1OC. The number of esters is 1. The normalized spacial score (nSPS) is 9.79. The van der Waals surface area contributed by atoms with E-state index < -0.39 is 11.9 Å². The molecule has 0 aliphatic heterocycles. The highest BCUT2D eigenvalue weighted by atomic mass is 16.5. The van der Waals surface area contributed by atoms with E-state index >= 15 is 0 Å². The van der Waals surface area contributed by atoms with Gasteiger partial charge in [-0.15, -0.1) is 0 Å². The Labute approximate surface area is 193 Å². The molecule has 0 amide bonds. The summed E-state index contributed by atoms with van der Waals surface area (Å²) in [5, 5.41) is 15.5. The summed E-state index contributed by atoms with van der Waals surface area (Å²) in [6, 6.07) is 10.5. The van der Waals surface area contributed by atoms with Crippen molar-refractivity contribution in [2.24, 2.45) is 0 Å². The molecular formula is C24H30O9. The standard InChI is InChI=1S/C12H14O4.C11H12O4.CH4O/c1-14-10-6-4-9(8-11(10)15-2)5-7-12(13)16-3;1-14-9-5-3-8(4-6-11(12)13)7-10(9)15-2;1-2/h4-8H,1-3H3;3-7H,1-2H3,(H,12,13);2H,1H3/b7-5+;6-4+;. The molecule has 2 N–H and O–H groups in total. The van der Waals surface area contributed by atoms with E-state index in [0.29, 0.717) is 23.0 Å². The molecule has 9 heteroatoms. The summed E-state index contributed by atoms with van der Waals surface area (Å²) in [6.45, 7) is 0. The zero-order valence-electron chi connectivity index (χ0n) is 19.5. The molecule has 0 bridgehead atoms. The number of benzene rings is 2. The Kier molecular flexibility index (Phi) is 14.7. The van der Waals surface area contributed by atoms with Gasteiger partial charge in [0.25, 0.3) is 0 Å². The Balaban J connectivity index is 0.000000578. The molecule has 0 atom stereocenters. The largest absolute Gasteiger partial charge is 0.493 e. The number of aliphatic hydroxyl groups is 1. The number of carbonyl (C=O) groups excluding carboxylic acids is 1. The Bertz CT molecular complexity index is 934. The molecule has 0 heterocycles. The first-order valence-corrected chi connectivity index (χ1v) is 9.44. The summed E-state index contributed by atoms with van der Waals surface area (Å²) >= 11 is 0. The number of carboxylic acids is 1. The summed E-state index contributed by atoms with van der Waals surface area (Å²) in [4.78, 5) is 21.2. The number of methoxy groups -OCH3 is 5.